The van der Waals surface area contributed by atoms with Gasteiger partial charge in [0.05, 0.1) is 12.7 Å². The average Bonchev–Trinajstić information content (AvgIpc) is 2.84. The van der Waals surface area contributed by atoms with Crippen molar-refractivity contribution in [2.75, 3.05) is 7.11 Å². The van der Waals surface area contributed by atoms with Gasteiger partial charge in [-0.2, -0.15) is 0 Å². The van der Waals surface area contributed by atoms with Crippen molar-refractivity contribution >= 4 is 0 Å². The quantitative estimate of drug-likeness (QED) is 0.753. The van der Waals surface area contributed by atoms with E-state index in [0.717, 1.165) is 24.0 Å². The number of phenols is 1. The van der Waals surface area contributed by atoms with Gasteiger partial charge in [0.1, 0.15) is 0 Å². The van der Waals surface area contributed by atoms with Gasteiger partial charge in [-0.15, -0.1) is 0 Å². The molecule has 0 aromatic heterocycles. The zero-order valence-electron chi connectivity index (χ0n) is 8.37. The summed E-state index contributed by atoms with van der Waals surface area (Å²) in [7, 11) is 1.52. The van der Waals surface area contributed by atoms with Gasteiger partial charge in [0, 0.05) is 0 Å². The third-order valence-electron chi connectivity index (χ3n) is 2.72. The van der Waals surface area contributed by atoms with Crippen LogP contribution in [0.3, 0.4) is 0 Å². The van der Waals surface area contributed by atoms with Gasteiger partial charge in [-0.1, -0.05) is 0 Å². The Bertz CT molecular complexity index is 344. The molecule has 0 unspecified atom stereocenters. The highest BCUT2D eigenvalue weighted by molar-refractivity contribution is 5.50. The molecule has 14 heavy (non-hydrogen) atoms. The fourth-order valence-corrected chi connectivity index (χ4v) is 1.70. The predicted molar refractivity (Wildman–Crippen MR) is 52.5 cm³/mol. The predicted octanol–water partition coefficient (Wildman–Crippen LogP) is 1.69. The van der Waals surface area contributed by atoms with E-state index in [1.807, 2.05) is 13.0 Å². The van der Waals surface area contributed by atoms with E-state index in [1.54, 1.807) is 6.07 Å². The topological polar surface area (TPSA) is 49.7 Å². The van der Waals surface area contributed by atoms with Gasteiger partial charge >= 0.3 is 0 Å². The molecule has 3 nitrogen and oxygen atoms in total. The molecular formula is C11H14O3. The average molecular weight is 194 g/mol. The summed E-state index contributed by atoms with van der Waals surface area (Å²) in [5.74, 6) is 0.584. The largest absolute Gasteiger partial charge is 0.504 e. The van der Waals surface area contributed by atoms with Gasteiger partial charge in [0.2, 0.25) is 0 Å². The summed E-state index contributed by atoms with van der Waals surface area (Å²) in [6.07, 6.45) is 1.55. The second kappa shape index (κ2) is 2.89. The number of phenolic OH excluding ortho intramolecular Hbond substituents is 1. The molecule has 1 fully saturated rings. The first kappa shape index (κ1) is 9.34. The molecule has 2 rings (SSSR count). The summed E-state index contributed by atoms with van der Waals surface area (Å²) in [6, 6.07) is 3.45. The van der Waals surface area contributed by atoms with Crippen molar-refractivity contribution in [3.63, 3.8) is 0 Å². The summed E-state index contributed by atoms with van der Waals surface area (Å²) >= 11 is 0. The molecule has 0 spiro atoms. The Morgan fingerprint density at radius 3 is 2.43 bits per heavy atom. The highest BCUT2D eigenvalue weighted by Crippen LogP contribution is 2.47. The lowest BCUT2D eigenvalue weighted by Crippen LogP contribution is -2.04. The standard InChI is InChI=1S/C11H14O3/c1-7-5-8(11(13)3-4-11)6-9(12)10(7)14-2/h5-6,12-13H,3-4H2,1-2H3. The molecule has 1 aliphatic rings. The zero-order valence-corrected chi connectivity index (χ0v) is 8.37. The molecule has 76 valence electrons. The third-order valence-corrected chi connectivity index (χ3v) is 2.72. The van der Waals surface area contributed by atoms with E-state index < -0.39 is 5.60 Å². The van der Waals surface area contributed by atoms with E-state index in [0.29, 0.717) is 5.75 Å². The number of aliphatic hydroxyl groups is 1. The monoisotopic (exact) mass is 194 g/mol. The number of benzene rings is 1. The highest BCUT2D eigenvalue weighted by Gasteiger charge is 2.42. The molecule has 0 radical (unpaired) electrons. The SMILES string of the molecule is COc1c(C)cc(C2(O)CC2)cc1O. The maximum Gasteiger partial charge on any atom is 0.163 e. The fraction of sp³-hybridized carbons (Fsp3) is 0.455. The molecule has 0 bridgehead atoms. The number of hydrogen-bond donors (Lipinski definition) is 2. The van der Waals surface area contributed by atoms with Crippen LogP contribution in [0, 0.1) is 6.92 Å². The molecule has 0 heterocycles. The summed E-state index contributed by atoms with van der Waals surface area (Å²) in [5, 5.41) is 19.5. The van der Waals surface area contributed by atoms with Crippen LogP contribution in [-0.4, -0.2) is 17.3 Å². The summed E-state index contributed by atoms with van der Waals surface area (Å²) < 4.78 is 5.03. The molecule has 0 atom stereocenters. The van der Waals surface area contributed by atoms with Crippen molar-refractivity contribution in [3.05, 3.63) is 23.3 Å². The van der Waals surface area contributed by atoms with Crippen LogP contribution in [0.1, 0.15) is 24.0 Å². The lowest BCUT2D eigenvalue weighted by Gasteiger charge is -2.13. The van der Waals surface area contributed by atoms with E-state index in [2.05, 4.69) is 0 Å². The van der Waals surface area contributed by atoms with Gasteiger partial charge < -0.3 is 14.9 Å². The van der Waals surface area contributed by atoms with Crippen molar-refractivity contribution in [2.45, 2.75) is 25.4 Å². The normalized spacial score (nSPS) is 17.9. The minimum absolute atomic E-state index is 0.0998. The van der Waals surface area contributed by atoms with Crippen LogP contribution >= 0.6 is 0 Å². The first-order valence-electron chi connectivity index (χ1n) is 4.67. The molecule has 1 aromatic carbocycles. The number of ether oxygens (including phenoxy) is 1. The third kappa shape index (κ3) is 1.34. The van der Waals surface area contributed by atoms with E-state index in [1.165, 1.54) is 7.11 Å². The molecule has 0 saturated heterocycles. The Morgan fingerprint density at radius 1 is 1.36 bits per heavy atom. The van der Waals surface area contributed by atoms with Crippen molar-refractivity contribution in [1.29, 1.82) is 0 Å². The van der Waals surface area contributed by atoms with Crippen molar-refractivity contribution in [3.8, 4) is 11.5 Å². The first-order chi connectivity index (χ1) is 6.57. The van der Waals surface area contributed by atoms with Crippen LogP contribution in [-0.2, 0) is 5.60 Å². The lowest BCUT2D eigenvalue weighted by molar-refractivity contribution is 0.151. The molecule has 2 N–H and O–H groups in total. The van der Waals surface area contributed by atoms with E-state index >= 15 is 0 Å². The molecule has 0 aliphatic heterocycles. The Labute approximate surface area is 83.0 Å². The molecule has 1 saturated carbocycles. The van der Waals surface area contributed by atoms with Crippen LogP contribution in [0.4, 0.5) is 0 Å². The maximum absolute atomic E-state index is 9.86. The summed E-state index contributed by atoms with van der Waals surface area (Å²) in [6.45, 7) is 1.85. The Morgan fingerprint density at radius 2 is 2.00 bits per heavy atom. The van der Waals surface area contributed by atoms with Crippen LogP contribution in [0.2, 0.25) is 0 Å². The fourth-order valence-electron chi connectivity index (χ4n) is 1.70. The van der Waals surface area contributed by atoms with E-state index in [4.69, 9.17) is 4.74 Å². The van der Waals surface area contributed by atoms with Crippen molar-refractivity contribution in [1.82, 2.24) is 0 Å². The first-order valence-corrected chi connectivity index (χ1v) is 4.67. The minimum Gasteiger partial charge on any atom is -0.504 e. The summed E-state index contributed by atoms with van der Waals surface area (Å²) in [5.41, 5.74) is 0.935. The number of hydrogen-bond acceptors (Lipinski definition) is 3. The van der Waals surface area contributed by atoms with Gasteiger partial charge in [0.15, 0.2) is 11.5 Å². The number of rotatable bonds is 2. The molecule has 1 aromatic rings. The van der Waals surface area contributed by atoms with Gasteiger partial charge in [-0.3, -0.25) is 0 Å². The van der Waals surface area contributed by atoms with Crippen LogP contribution in [0.15, 0.2) is 12.1 Å². The Hall–Kier alpha value is -1.22. The van der Waals surface area contributed by atoms with Gasteiger partial charge in [0.25, 0.3) is 0 Å². The lowest BCUT2D eigenvalue weighted by atomic mass is 10.0. The number of aromatic hydroxyl groups is 1. The summed E-state index contributed by atoms with van der Waals surface area (Å²) in [4.78, 5) is 0. The maximum atomic E-state index is 9.86. The van der Waals surface area contributed by atoms with Gasteiger partial charge in [-0.25, -0.2) is 0 Å². The van der Waals surface area contributed by atoms with E-state index in [9.17, 15) is 10.2 Å². The second-order valence-corrected chi connectivity index (χ2v) is 3.88. The molecule has 3 heteroatoms. The molecule has 1 aliphatic carbocycles. The minimum atomic E-state index is -0.700. The number of aryl methyl sites for hydroxylation is 1. The second-order valence-electron chi connectivity index (χ2n) is 3.88. The van der Waals surface area contributed by atoms with Crippen molar-refractivity contribution < 1.29 is 14.9 Å². The van der Waals surface area contributed by atoms with Crippen LogP contribution in [0.5, 0.6) is 11.5 Å². The van der Waals surface area contributed by atoms with Gasteiger partial charge in [-0.05, 0) is 43.0 Å². The van der Waals surface area contributed by atoms with Crippen LogP contribution in [0.25, 0.3) is 0 Å². The molecule has 0 amide bonds. The van der Waals surface area contributed by atoms with Crippen LogP contribution < -0.4 is 4.74 Å². The van der Waals surface area contributed by atoms with Crippen molar-refractivity contribution in [2.24, 2.45) is 0 Å². The zero-order chi connectivity index (χ0) is 10.3. The smallest absolute Gasteiger partial charge is 0.163 e. The highest BCUT2D eigenvalue weighted by atomic mass is 16.5. The Balaban J connectivity index is 2.47. The number of methoxy groups -OCH3 is 1. The molecular weight excluding hydrogens is 180 g/mol. The van der Waals surface area contributed by atoms with E-state index in [-0.39, 0.29) is 5.75 Å². The Kier molecular flexibility index (Phi) is 1.93.